The lowest BCUT2D eigenvalue weighted by Gasteiger charge is -2.32. The van der Waals surface area contributed by atoms with Gasteiger partial charge in [-0.2, -0.15) is 0 Å². The molecule has 0 unspecified atom stereocenters. The molecule has 25 heavy (non-hydrogen) atoms. The number of rotatable bonds is 7. The van der Waals surface area contributed by atoms with E-state index in [0.717, 1.165) is 11.0 Å². The highest BCUT2D eigenvalue weighted by Crippen LogP contribution is 2.36. The summed E-state index contributed by atoms with van der Waals surface area (Å²) in [5, 5.41) is 2.81. The molecular weight excluding hydrogens is 321 g/mol. The number of nitrogens with one attached hydrogen (secondary N) is 1. The zero-order valence-corrected chi connectivity index (χ0v) is 16.0. The van der Waals surface area contributed by atoms with Crippen molar-refractivity contribution in [1.82, 2.24) is 5.32 Å². The van der Waals surface area contributed by atoms with Gasteiger partial charge in [0.2, 0.25) is 5.91 Å². The summed E-state index contributed by atoms with van der Waals surface area (Å²) in [6.07, 6.45) is 0.247. The molecular formula is C18H28BNO5. The number of ether oxygens (including phenoxy) is 2. The van der Waals surface area contributed by atoms with E-state index in [1.54, 1.807) is 14.2 Å². The number of amides is 1. The van der Waals surface area contributed by atoms with Crippen molar-refractivity contribution in [1.29, 1.82) is 0 Å². The fraction of sp³-hybridized carbons (Fsp3) is 0.611. The Kier molecular flexibility index (Phi) is 6.14. The molecule has 1 aliphatic heterocycles. The maximum atomic E-state index is 12.0. The van der Waals surface area contributed by atoms with Gasteiger partial charge in [0, 0.05) is 19.2 Å². The molecule has 6 nitrogen and oxygen atoms in total. The maximum absolute atomic E-state index is 12.0. The molecule has 7 heteroatoms. The van der Waals surface area contributed by atoms with Gasteiger partial charge < -0.3 is 24.1 Å². The van der Waals surface area contributed by atoms with Gasteiger partial charge in [0.1, 0.15) is 5.75 Å². The number of hydrogen-bond donors (Lipinski definition) is 1. The summed E-state index contributed by atoms with van der Waals surface area (Å²) in [6.45, 7) is 9.05. The standard InChI is InChI=1S/C18H28BNO5/c1-17(2)18(3,4)25-19(24-17)14-8-7-13(15(12-14)23-6)11-16(21)20-9-10-22-5/h7-8,12H,9-11H2,1-6H3,(H,20,21). The van der Waals surface area contributed by atoms with E-state index in [2.05, 4.69) is 5.32 Å². The van der Waals surface area contributed by atoms with Crippen LogP contribution in [0.3, 0.4) is 0 Å². The second-order valence-electron chi connectivity index (χ2n) is 7.18. The van der Waals surface area contributed by atoms with E-state index in [1.165, 1.54) is 0 Å². The molecule has 2 rings (SSSR count). The molecule has 138 valence electrons. The highest BCUT2D eigenvalue weighted by molar-refractivity contribution is 6.62. The summed E-state index contributed by atoms with van der Waals surface area (Å²) in [7, 11) is 2.74. The Bertz CT molecular complexity index is 601. The lowest BCUT2D eigenvalue weighted by Crippen LogP contribution is -2.41. The quantitative estimate of drug-likeness (QED) is 0.594. The Morgan fingerprint density at radius 3 is 2.36 bits per heavy atom. The molecule has 1 amide bonds. The van der Waals surface area contributed by atoms with Gasteiger partial charge in [-0.05, 0) is 39.2 Å². The zero-order valence-electron chi connectivity index (χ0n) is 16.0. The largest absolute Gasteiger partial charge is 0.496 e. The summed E-state index contributed by atoms with van der Waals surface area (Å²) in [4.78, 5) is 12.0. The van der Waals surface area contributed by atoms with Crippen LogP contribution in [0.25, 0.3) is 0 Å². The van der Waals surface area contributed by atoms with Crippen molar-refractivity contribution in [3.63, 3.8) is 0 Å². The molecule has 1 N–H and O–H groups in total. The van der Waals surface area contributed by atoms with Crippen molar-refractivity contribution in [3.05, 3.63) is 23.8 Å². The molecule has 0 atom stereocenters. The lowest BCUT2D eigenvalue weighted by molar-refractivity contribution is -0.120. The van der Waals surface area contributed by atoms with Crippen LogP contribution in [0.15, 0.2) is 18.2 Å². The normalized spacial score (nSPS) is 18.2. The molecule has 0 radical (unpaired) electrons. The zero-order chi connectivity index (χ0) is 18.7. The number of carbonyl (C=O) groups excluding carboxylic acids is 1. The van der Waals surface area contributed by atoms with E-state index >= 15 is 0 Å². The number of hydrogen-bond acceptors (Lipinski definition) is 5. The molecule has 0 aliphatic carbocycles. The van der Waals surface area contributed by atoms with Crippen molar-refractivity contribution in [2.45, 2.75) is 45.3 Å². The minimum atomic E-state index is -0.455. The van der Waals surface area contributed by atoms with Crippen LogP contribution in [0.4, 0.5) is 0 Å². The summed E-state index contributed by atoms with van der Waals surface area (Å²) in [5.74, 6) is 0.577. The fourth-order valence-corrected chi connectivity index (χ4v) is 2.56. The number of benzene rings is 1. The van der Waals surface area contributed by atoms with Gasteiger partial charge in [-0.15, -0.1) is 0 Å². The van der Waals surface area contributed by atoms with Crippen molar-refractivity contribution < 1.29 is 23.6 Å². The second kappa shape index (κ2) is 7.76. The van der Waals surface area contributed by atoms with Gasteiger partial charge in [-0.1, -0.05) is 12.1 Å². The van der Waals surface area contributed by atoms with Gasteiger partial charge >= 0.3 is 7.12 Å². The smallest absolute Gasteiger partial charge is 0.494 e. The molecule has 0 aromatic heterocycles. The van der Waals surface area contributed by atoms with Crippen LogP contribution in [0.5, 0.6) is 5.75 Å². The topological polar surface area (TPSA) is 66.0 Å². The van der Waals surface area contributed by atoms with Crippen LogP contribution in [0.2, 0.25) is 0 Å². The van der Waals surface area contributed by atoms with Crippen molar-refractivity contribution >= 4 is 18.5 Å². The predicted molar refractivity (Wildman–Crippen MR) is 97.3 cm³/mol. The molecule has 1 heterocycles. The second-order valence-corrected chi connectivity index (χ2v) is 7.18. The monoisotopic (exact) mass is 349 g/mol. The van der Waals surface area contributed by atoms with Crippen molar-refractivity contribution in [3.8, 4) is 5.75 Å². The van der Waals surface area contributed by atoms with E-state index in [0.29, 0.717) is 18.9 Å². The molecule has 1 fully saturated rings. The first-order chi connectivity index (χ1) is 11.7. The third-order valence-corrected chi connectivity index (χ3v) is 4.82. The van der Waals surface area contributed by atoms with E-state index in [9.17, 15) is 4.79 Å². The third kappa shape index (κ3) is 4.54. The first kappa shape index (κ1) is 19.8. The summed E-state index contributed by atoms with van der Waals surface area (Å²) in [6, 6.07) is 5.68. The predicted octanol–water partition coefficient (Wildman–Crippen LogP) is 1.30. The highest BCUT2D eigenvalue weighted by Gasteiger charge is 2.51. The van der Waals surface area contributed by atoms with Crippen LogP contribution < -0.4 is 15.5 Å². The lowest BCUT2D eigenvalue weighted by atomic mass is 9.78. The van der Waals surface area contributed by atoms with E-state index in [1.807, 2.05) is 45.9 Å². The van der Waals surface area contributed by atoms with Crippen LogP contribution in [-0.2, 0) is 25.3 Å². The Labute approximate surface area is 150 Å². The van der Waals surface area contributed by atoms with Crippen molar-refractivity contribution in [2.24, 2.45) is 0 Å². The average molecular weight is 349 g/mol. The van der Waals surface area contributed by atoms with Gasteiger partial charge in [-0.25, -0.2) is 0 Å². The average Bonchev–Trinajstić information content (AvgIpc) is 2.76. The van der Waals surface area contributed by atoms with Crippen LogP contribution >= 0.6 is 0 Å². The maximum Gasteiger partial charge on any atom is 0.494 e. The first-order valence-corrected chi connectivity index (χ1v) is 8.48. The minimum absolute atomic E-state index is 0.0706. The Morgan fingerprint density at radius 1 is 1.16 bits per heavy atom. The minimum Gasteiger partial charge on any atom is -0.496 e. The van der Waals surface area contributed by atoms with Crippen molar-refractivity contribution in [2.75, 3.05) is 27.4 Å². The highest BCUT2D eigenvalue weighted by atomic mass is 16.7. The van der Waals surface area contributed by atoms with Gasteiger partial charge in [0.25, 0.3) is 0 Å². The Morgan fingerprint density at radius 2 is 1.80 bits per heavy atom. The van der Waals surface area contributed by atoms with E-state index in [4.69, 9.17) is 18.8 Å². The molecule has 0 bridgehead atoms. The molecule has 1 aromatic rings. The fourth-order valence-electron chi connectivity index (χ4n) is 2.56. The Hall–Kier alpha value is -1.57. The van der Waals surface area contributed by atoms with Gasteiger partial charge in [-0.3, -0.25) is 4.79 Å². The molecule has 0 spiro atoms. The van der Waals surface area contributed by atoms with E-state index < -0.39 is 18.3 Å². The van der Waals surface area contributed by atoms with E-state index in [-0.39, 0.29) is 12.3 Å². The van der Waals surface area contributed by atoms with Crippen LogP contribution in [0.1, 0.15) is 33.3 Å². The number of carbonyl (C=O) groups is 1. The molecule has 0 saturated carbocycles. The first-order valence-electron chi connectivity index (χ1n) is 8.48. The summed E-state index contributed by atoms with van der Waals surface area (Å²) < 4.78 is 22.5. The SMILES string of the molecule is COCCNC(=O)Cc1ccc(B2OC(C)(C)C(C)(C)O2)cc1OC. The van der Waals surface area contributed by atoms with Gasteiger partial charge in [0.05, 0.1) is 31.3 Å². The summed E-state index contributed by atoms with van der Waals surface area (Å²) >= 11 is 0. The van der Waals surface area contributed by atoms with Gasteiger partial charge in [0.15, 0.2) is 0 Å². The molecule has 1 aromatic carbocycles. The molecule has 1 aliphatic rings. The third-order valence-electron chi connectivity index (χ3n) is 4.82. The summed E-state index contributed by atoms with van der Waals surface area (Å²) in [5.41, 5.74) is 0.895. The van der Waals surface area contributed by atoms with Crippen LogP contribution in [-0.4, -0.2) is 51.6 Å². The Balaban J connectivity index is 2.11. The number of methoxy groups -OCH3 is 2. The molecule has 1 saturated heterocycles. The van der Waals surface area contributed by atoms with Crippen LogP contribution in [0, 0.1) is 0 Å².